The fourth-order valence-corrected chi connectivity index (χ4v) is 3.92. The Hall–Kier alpha value is -1.85. The molecule has 2 aromatic rings. The summed E-state index contributed by atoms with van der Waals surface area (Å²) in [6.07, 6.45) is 1.62. The van der Waals surface area contributed by atoms with Crippen LogP contribution in [0.2, 0.25) is 5.02 Å². The van der Waals surface area contributed by atoms with Gasteiger partial charge in [-0.2, -0.15) is 0 Å². The highest BCUT2D eigenvalue weighted by molar-refractivity contribution is 8.00. The van der Waals surface area contributed by atoms with Crippen LogP contribution in [0.1, 0.15) is 25.0 Å². The van der Waals surface area contributed by atoms with Crippen LogP contribution in [0.5, 0.6) is 11.5 Å². The fourth-order valence-electron chi connectivity index (χ4n) is 2.90. The van der Waals surface area contributed by atoms with Gasteiger partial charge >= 0.3 is 0 Å². The van der Waals surface area contributed by atoms with Crippen LogP contribution < -0.4 is 14.8 Å². The Labute approximate surface area is 163 Å². The molecular weight excluding hydrogens is 370 g/mol. The fraction of sp³-hybridized carbons (Fsp3) is 0.350. The highest BCUT2D eigenvalue weighted by Gasteiger charge is 2.15. The SMILES string of the molecule is CCc1ccc(Cl)c(CC)c1NC(=O)CSc1ccc2c(c1)OCCO2. The molecule has 3 rings (SSSR count). The molecule has 26 heavy (non-hydrogen) atoms. The Kier molecular flexibility index (Phi) is 6.33. The molecule has 1 aliphatic heterocycles. The summed E-state index contributed by atoms with van der Waals surface area (Å²) in [5, 5.41) is 3.75. The molecule has 0 aromatic heterocycles. The number of aryl methyl sites for hydroxylation is 1. The van der Waals surface area contributed by atoms with Crippen LogP contribution in [-0.4, -0.2) is 24.9 Å². The van der Waals surface area contributed by atoms with Crippen LogP contribution in [-0.2, 0) is 17.6 Å². The summed E-state index contributed by atoms with van der Waals surface area (Å²) < 4.78 is 11.1. The van der Waals surface area contributed by atoms with E-state index < -0.39 is 0 Å². The van der Waals surface area contributed by atoms with E-state index in [2.05, 4.69) is 12.2 Å². The van der Waals surface area contributed by atoms with Crippen LogP contribution >= 0.6 is 23.4 Å². The highest BCUT2D eigenvalue weighted by Crippen LogP contribution is 2.34. The minimum Gasteiger partial charge on any atom is -0.486 e. The molecule has 1 heterocycles. The van der Waals surface area contributed by atoms with E-state index in [9.17, 15) is 4.79 Å². The van der Waals surface area contributed by atoms with E-state index in [-0.39, 0.29) is 5.91 Å². The largest absolute Gasteiger partial charge is 0.486 e. The van der Waals surface area contributed by atoms with Gasteiger partial charge < -0.3 is 14.8 Å². The molecule has 0 radical (unpaired) electrons. The average molecular weight is 392 g/mol. The lowest BCUT2D eigenvalue weighted by Gasteiger charge is -2.19. The number of halogens is 1. The molecule has 6 heteroatoms. The smallest absolute Gasteiger partial charge is 0.234 e. The maximum absolute atomic E-state index is 12.5. The van der Waals surface area contributed by atoms with Gasteiger partial charge in [0.15, 0.2) is 11.5 Å². The van der Waals surface area contributed by atoms with Gasteiger partial charge in [0.25, 0.3) is 0 Å². The lowest BCUT2D eigenvalue weighted by molar-refractivity contribution is -0.113. The van der Waals surface area contributed by atoms with E-state index in [1.54, 1.807) is 0 Å². The third kappa shape index (κ3) is 4.27. The van der Waals surface area contributed by atoms with Crippen molar-refractivity contribution in [1.29, 1.82) is 0 Å². The van der Waals surface area contributed by atoms with E-state index in [1.165, 1.54) is 11.8 Å². The first-order valence-corrected chi connectivity index (χ1v) is 10.1. The standard InChI is InChI=1S/C20H22ClNO3S/c1-3-13-5-7-16(21)15(4-2)20(13)22-19(23)12-26-14-6-8-17-18(11-14)25-10-9-24-17/h5-8,11H,3-4,9-10,12H2,1-2H3,(H,22,23). The van der Waals surface area contributed by atoms with Gasteiger partial charge in [-0.1, -0.05) is 31.5 Å². The minimum absolute atomic E-state index is 0.0449. The topological polar surface area (TPSA) is 47.6 Å². The van der Waals surface area contributed by atoms with Gasteiger partial charge in [-0.05, 0) is 48.2 Å². The zero-order chi connectivity index (χ0) is 18.5. The number of rotatable bonds is 6. The Morgan fingerprint density at radius 2 is 1.88 bits per heavy atom. The van der Waals surface area contributed by atoms with Gasteiger partial charge in [0.1, 0.15) is 13.2 Å². The molecule has 0 fully saturated rings. The quantitative estimate of drug-likeness (QED) is 0.706. The van der Waals surface area contributed by atoms with E-state index >= 15 is 0 Å². The van der Waals surface area contributed by atoms with Crippen molar-refractivity contribution in [3.8, 4) is 11.5 Å². The predicted molar refractivity (Wildman–Crippen MR) is 107 cm³/mol. The number of amides is 1. The molecule has 0 saturated heterocycles. The summed E-state index contributed by atoms with van der Waals surface area (Å²) in [5.74, 6) is 1.76. The summed E-state index contributed by atoms with van der Waals surface area (Å²) in [7, 11) is 0. The van der Waals surface area contributed by atoms with Crippen LogP contribution in [0.3, 0.4) is 0 Å². The molecular formula is C20H22ClNO3S. The molecule has 1 aliphatic rings. The zero-order valence-corrected chi connectivity index (χ0v) is 16.5. The predicted octanol–water partition coefficient (Wildman–Crippen LogP) is 4.97. The van der Waals surface area contributed by atoms with Crippen molar-refractivity contribution in [2.24, 2.45) is 0 Å². The zero-order valence-electron chi connectivity index (χ0n) is 14.9. The lowest BCUT2D eigenvalue weighted by atomic mass is 10.0. The number of hydrogen-bond acceptors (Lipinski definition) is 4. The van der Waals surface area contributed by atoms with Crippen LogP contribution in [0.4, 0.5) is 5.69 Å². The first-order chi connectivity index (χ1) is 12.6. The van der Waals surface area contributed by atoms with Crippen molar-refractivity contribution < 1.29 is 14.3 Å². The highest BCUT2D eigenvalue weighted by atomic mass is 35.5. The van der Waals surface area contributed by atoms with E-state index in [4.69, 9.17) is 21.1 Å². The third-order valence-corrected chi connectivity index (χ3v) is 5.57. The second-order valence-electron chi connectivity index (χ2n) is 5.91. The number of nitrogens with one attached hydrogen (secondary N) is 1. The third-order valence-electron chi connectivity index (χ3n) is 4.22. The van der Waals surface area contributed by atoms with Crippen molar-refractivity contribution in [3.63, 3.8) is 0 Å². The number of anilines is 1. The Morgan fingerprint density at radius 1 is 1.12 bits per heavy atom. The van der Waals surface area contributed by atoms with E-state index in [1.807, 2.05) is 37.3 Å². The molecule has 0 unspecified atom stereocenters. The van der Waals surface area contributed by atoms with Crippen LogP contribution in [0.25, 0.3) is 0 Å². The van der Waals surface area contributed by atoms with Crippen LogP contribution in [0.15, 0.2) is 35.2 Å². The van der Waals surface area contributed by atoms with Crippen molar-refractivity contribution in [3.05, 3.63) is 46.5 Å². The van der Waals surface area contributed by atoms with E-state index in [0.29, 0.717) is 24.0 Å². The molecule has 138 valence electrons. The van der Waals surface area contributed by atoms with E-state index in [0.717, 1.165) is 46.1 Å². The molecule has 1 amide bonds. The van der Waals surface area contributed by atoms with Gasteiger partial charge in [0, 0.05) is 15.6 Å². The van der Waals surface area contributed by atoms with Gasteiger partial charge in [0.2, 0.25) is 5.91 Å². The normalized spacial score (nSPS) is 12.7. The minimum atomic E-state index is -0.0449. The molecule has 4 nitrogen and oxygen atoms in total. The number of carbonyl (C=O) groups is 1. The summed E-state index contributed by atoms with van der Waals surface area (Å²) in [6.45, 7) is 5.24. The Bertz CT molecular complexity index is 810. The lowest BCUT2D eigenvalue weighted by Crippen LogP contribution is -2.17. The van der Waals surface area contributed by atoms with Gasteiger partial charge in [-0.15, -0.1) is 11.8 Å². The first kappa shape index (κ1) is 18.9. The molecule has 2 aromatic carbocycles. The number of hydrogen-bond donors (Lipinski definition) is 1. The number of carbonyl (C=O) groups excluding carboxylic acids is 1. The molecule has 0 spiro atoms. The Morgan fingerprint density at radius 3 is 2.62 bits per heavy atom. The summed E-state index contributed by atoms with van der Waals surface area (Å²) >= 11 is 7.77. The monoisotopic (exact) mass is 391 g/mol. The average Bonchev–Trinajstić information content (AvgIpc) is 2.66. The molecule has 0 saturated carbocycles. The van der Waals surface area contributed by atoms with Crippen LogP contribution in [0, 0.1) is 0 Å². The first-order valence-electron chi connectivity index (χ1n) is 8.75. The van der Waals surface area contributed by atoms with Crippen molar-refractivity contribution in [2.75, 3.05) is 24.3 Å². The second kappa shape index (κ2) is 8.69. The van der Waals surface area contributed by atoms with Crippen molar-refractivity contribution in [2.45, 2.75) is 31.6 Å². The summed E-state index contributed by atoms with van der Waals surface area (Å²) in [4.78, 5) is 13.5. The number of ether oxygens (including phenoxy) is 2. The Balaban J connectivity index is 1.67. The summed E-state index contributed by atoms with van der Waals surface area (Å²) in [6, 6.07) is 9.63. The molecule has 0 bridgehead atoms. The van der Waals surface area contributed by atoms with Gasteiger partial charge in [-0.25, -0.2) is 0 Å². The maximum Gasteiger partial charge on any atom is 0.234 e. The molecule has 0 aliphatic carbocycles. The molecule has 1 N–H and O–H groups in total. The number of benzene rings is 2. The number of fused-ring (bicyclic) bond motifs is 1. The van der Waals surface area contributed by atoms with Gasteiger partial charge in [0.05, 0.1) is 5.75 Å². The second-order valence-corrected chi connectivity index (χ2v) is 7.37. The number of thioether (sulfide) groups is 1. The molecule has 0 atom stereocenters. The van der Waals surface area contributed by atoms with Gasteiger partial charge in [-0.3, -0.25) is 4.79 Å². The summed E-state index contributed by atoms with van der Waals surface area (Å²) in [5.41, 5.74) is 2.95. The van der Waals surface area contributed by atoms with Crippen molar-refractivity contribution >= 4 is 35.0 Å². The van der Waals surface area contributed by atoms with Crippen molar-refractivity contribution in [1.82, 2.24) is 0 Å². The maximum atomic E-state index is 12.5.